The maximum Gasteiger partial charge on any atom is 0.274 e. The minimum Gasteiger partial charge on any atom is -0.484 e. The number of aromatic nitrogens is 1. The molecule has 4 aromatic rings. The summed E-state index contributed by atoms with van der Waals surface area (Å²) in [6.07, 6.45) is 1.25. The second kappa shape index (κ2) is 21.8. The van der Waals surface area contributed by atoms with Crippen molar-refractivity contribution < 1.29 is 39.0 Å². The van der Waals surface area contributed by atoms with Crippen molar-refractivity contribution in [3.8, 4) is 16.2 Å². The summed E-state index contributed by atoms with van der Waals surface area (Å²) in [4.78, 5) is 71.3. The number of hydrogen-bond acceptors (Lipinski definition) is 11. The Hall–Kier alpha value is -5.55. The number of hydroxylamine groups is 1. The number of carbonyl (C=O) groups excluding carboxylic acids is 5. The first kappa shape index (κ1) is 46.5. The first-order valence-corrected chi connectivity index (χ1v) is 21.4. The van der Waals surface area contributed by atoms with Crippen LogP contribution in [0.3, 0.4) is 0 Å². The summed E-state index contributed by atoms with van der Waals surface area (Å²) in [6, 6.07) is 17.8. The SMILES string of the molecule is Cc1ncsc1-c1ccc(CNC(=O)C2CC(O)CN2C(=O)C(NC(=O)CCCCCNC(=O)COc2ccc(CNc3cc(C(=O)NO)ccc3Cl)cc2)C(C)(C)C)cc1. The van der Waals surface area contributed by atoms with Crippen LogP contribution in [0.2, 0.25) is 5.02 Å². The summed E-state index contributed by atoms with van der Waals surface area (Å²) < 4.78 is 5.62. The lowest BCUT2D eigenvalue weighted by atomic mass is 9.85. The Labute approximate surface area is 364 Å². The van der Waals surface area contributed by atoms with Crippen LogP contribution in [0.4, 0.5) is 5.69 Å². The third-order valence-electron chi connectivity index (χ3n) is 10.2. The molecular formula is C44H54ClN7O8S. The lowest BCUT2D eigenvalue weighted by Crippen LogP contribution is -2.57. The third-order valence-corrected chi connectivity index (χ3v) is 11.5. The van der Waals surface area contributed by atoms with Crippen molar-refractivity contribution in [2.24, 2.45) is 5.41 Å². The number of unbranched alkanes of at least 4 members (excludes halogenated alkanes) is 2. The van der Waals surface area contributed by atoms with Crippen LogP contribution in [0.1, 0.15) is 80.1 Å². The van der Waals surface area contributed by atoms with E-state index in [0.717, 1.165) is 27.3 Å². The van der Waals surface area contributed by atoms with E-state index in [9.17, 15) is 29.1 Å². The van der Waals surface area contributed by atoms with E-state index in [1.807, 2.05) is 69.6 Å². The maximum absolute atomic E-state index is 13.9. The molecular weight excluding hydrogens is 822 g/mol. The van der Waals surface area contributed by atoms with Crippen molar-refractivity contribution >= 4 is 58.2 Å². The molecule has 326 valence electrons. The Balaban J connectivity index is 0.990. The van der Waals surface area contributed by atoms with E-state index in [1.165, 1.54) is 17.0 Å². The average Bonchev–Trinajstić information content (AvgIpc) is 3.86. The molecule has 61 heavy (non-hydrogen) atoms. The molecule has 15 nitrogen and oxygen atoms in total. The smallest absolute Gasteiger partial charge is 0.274 e. The zero-order chi connectivity index (χ0) is 44.1. The van der Waals surface area contributed by atoms with Crippen molar-refractivity contribution in [2.75, 3.05) is 25.0 Å². The van der Waals surface area contributed by atoms with Crippen LogP contribution in [-0.4, -0.2) is 87.6 Å². The number of amides is 5. The molecule has 1 aromatic heterocycles. The van der Waals surface area contributed by atoms with Crippen LogP contribution in [0, 0.1) is 12.3 Å². The number of hydrogen-bond donors (Lipinski definition) is 7. The summed E-state index contributed by atoms with van der Waals surface area (Å²) >= 11 is 7.79. The summed E-state index contributed by atoms with van der Waals surface area (Å²) in [7, 11) is 0. The molecule has 7 N–H and O–H groups in total. The van der Waals surface area contributed by atoms with Crippen molar-refractivity contribution in [1.29, 1.82) is 0 Å². The van der Waals surface area contributed by atoms with E-state index in [-0.39, 0.29) is 55.8 Å². The highest BCUT2D eigenvalue weighted by Crippen LogP contribution is 2.29. The monoisotopic (exact) mass is 875 g/mol. The highest BCUT2D eigenvalue weighted by Gasteiger charge is 2.44. The third kappa shape index (κ3) is 13.5. The summed E-state index contributed by atoms with van der Waals surface area (Å²) in [6.45, 7) is 8.38. The van der Waals surface area contributed by atoms with Gasteiger partial charge in [-0.25, -0.2) is 10.5 Å². The van der Waals surface area contributed by atoms with Gasteiger partial charge in [0.05, 0.1) is 32.9 Å². The second-order valence-electron chi connectivity index (χ2n) is 16.0. The minimum atomic E-state index is -0.916. The molecule has 0 radical (unpaired) electrons. The number of ether oxygens (including phenoxy) is 1. The first-order chi connectivity index (χ1) is 29.1. The van der Waals surface area contributed by atoms with E-state index < -0.39 is 35.4 Å². The highest BCUT2D eigenvalue weighted by atomic mass is 35.5. The average molecular weight is 876 g/mol. The van der Waals surface area contributed by atoms with Gasteiger partial charge in [-0.05, 0) is 72.2 Å². The number of nitrogens with zero attached hydrogens (tertiary/aromatic N) is 2. The number of likely N-dealkylation sites (tertiary alicyclic amines) is 1. The molecule has 1 fully saturated rings. The minimum absolute atomic E-state index is 0.00726. The molecule has 3 atom stereocenters. The quantitative estimate of drug-likeness (QED) is 0.0364. The molecule has 5 amide bonds. The van der Waals surface area contributed by atoms with Gasteiger partial charge in [0.25, 0.3) is 11.8 Å². The predicted octanol–water partition coefficient (Wildman–Crippen LogP) is 5.37. The number of β-amino-alcohol motifs (C(OH)–C–C–N with tert-alkyl or cyclic N) is 1. The number of aliphatic hydroxyl groups excluding tert-OH is 1. The number of rotatable bonds is 19. The van der Waals surface area contributed by atoms with Gasteiger partial charge in [0.1, 0.15) is 17.8 Å². The predicted molar refractivity (Wildman–Crippen MR) is 233 cm³/mol. The molecule has 1 aliphatic heterocycles. The topological polar surface area (TPSA) is 211 Å². The van der Waals surface area contributed by atoms with Crippen molar-refractivity contribution in [3.63, 3.8) is 0 Å². The Morgan fingerprint density at radius 3 is 2.31 bits per heavy atom. The lowest BCUT2D eigenvalue weighted by molar-refractivity contribution is -0.144. The van der Waals surface area contributed by atoms with Gasteiger partial charge in [-0.1, -0.05) is 75.2 Å². The molecule has 5 rings (SSSR count). The zero-order valence-electron chi connectivity index (χ0n) is 34.8. The van der Waals surface area contributed by atoms with Crippen molar-refractivity contribution in [1.82, 2.24) is 31.3 Å². The molecule has 0 bridgehead atoms. The fraction of sp³-hybridized carbons (Fsp3) is 0.409. The molecule has 0 spiro atoms. The van der Waals surface area contributed by atoms with Crippen LogP contribution in [0.5, 0.6) is 5.75 Å². The normalized spacial score (nSPS) is 15.4. The fourth-order valence-electron chi connectivity index (χ4n) is 6.80. The van der Waals surface area contributed by atoms with Gasteiger partial charge >= 0.3 is 0 Å². The first-order valence-electron chi connectivity index (χ1n) is 20.1. The molecule has 3 aromatic carbocycles. The molecule has 3 unspecified atom stereocenters. The molecule has 2 heterocycles. The Morgan fingerprint density at radius 2 is 1.64 bits per heavy atom. The number of nitrogens with one attached hydrogen (secondary N) is 5. The Morgan fingerprint density at radius 1 is 0.934 bits per heavy atom. The van der Waals surface area contributed by atoms with Gasteiger partial charge < -0.3 is 36.0 Å². The summed E-state index contributed by atoms with van der Waals surface area (Å²) in [5, 5.41) is 31.6. The second-order valence-corrected chi connectivity index (χ2v) is 17.3. The number of aliphatic hydroxyl groups is 1. The van der Waals surface area contributed by atoms with E-state index in [2.05, 4.69) is 26.3 Å². The van der Waals surface area contributed by atoms with E-state index >= 15 is 0 Å². The number of anilines is 1. The van der Waals surface area contributed by atoms with Crippen LogP contribution in [0.25, 0.3) is 10.4 Å². The maximum atomic E-state index is 13.9. The van der Waals surface area contributed by atoms with E-state index in [1.54, 1.807) is 35.0 Å². The fourth-order valence-corrected chi connectivity index (χ4v) is 7.79. The van der Waals surface area contributed by atoms with Crippen LogP contribution < -0.4 is 31.5 Å². The summed E-state index contributed by atoms with van der Waals surface area (Å²) in [5.74, 6) is -1.50. The molecule has 0 aliphatic carbocycles. The number of benzene rings is 3. The van der Waals surface area contributed by atoms with Crippen LogP contribution in [-0.2, 0) is 32.3 Å². The van der Waals surface area contributed by atoms with Gasteiger partial charge in [-0.15, -0.1) is 11.3 Å². The molecule has 17 heteroatoms. The number of halogens is 1. The van der Waals surface area contributed by atoms with Gasteiger partial charge in [0.15, 0.2) is 6.61 Å². The van der Waals surface area contributed by atoms with Gasteiger partial charge in [-0.2, -0.15) is 0 Å². The largest absolute Gasteiger partial charge is 0.484 e. The zero-order valence-corrected chi connectivity index (χ0v) is 36.3. The van der Waals surface area contributed by atoms with Crippen LogP contribution >= 0.6 is 22.9 Å². The van der Waals surface area contributed by atoms with E-state index in [0.29, 0.717) is 48.8 Å². The Bertz CT molecular complexity index is 2140. The molecule has 1 saturated heterocycles. The van der Waals surface area contributed by atoms with Crippen molar-refractivity contribution in [3.05, 3.63) is 99.6 Å². The van der Waals surface area contributed by atoms with Gasteiger partial charge in [0.2, 0.25) is 17.7 Å². The summed E-state index contributed by atoms with van der Waals surface area (Å²) in [5.41, 5.74) is 7.30. The van der Waals surface area contributed by atoms with Crippen molar-refractivity contribution in [2.45, 2.75) is 91.1 Å². The van der Waals surface area contributed by atoms with E-state index in [4.69, 9.17) is 21.5 Å². The number of aryl methyl sites for hydroxylation is 1. The van der Waals surface area contributed by atoms with Gasteiger partial charge in [-0.3, -0.25) is 29.2 Å². The van der Waals surface area contributed by atoms with Gasteiger partial charge in [0, 0.05) is 44.6 Å². The lowest BCUT2D eigenvalue weighted by Gasteiger charge is -2.35. The molecule has 1 aliphatic rings. The molecule has 0 saturated carbocycles. The Kier molecular flexibility index (Phi) is 16.6. The highest BCUT2D eigenvalue weighted by molar-refractivity contribution is 7.13. The number of carbonyl (C=O) groups is 5. The standard InChI is InChI=1S/C44H54ClN7O8S/c1-27-39(61-26-49-27)30-13-9-28(10-14-30)23-48-42(57)36-21-32(53)24-52(36)43(58)40(44(2,3)4)50-37(54)8-6-5-7-19-46-38(55)25-60-33-16-11-29(12-17-33)22-47-35-20-31(41(56)51-59)15-18-34(35)45/h9-18,20,26,32,36,40,47,53,59H,5-8,19,21-25H2,1-4H3,(H,46,55)(H,48,57)(H,50,54)(H,51,56). The number of thiazole rings is 1. The van der Waals surface area contributed by atoms with Crippen LogP contribution in [0.15, 0.2) is 72.2 Å².